The van der Waals surface area contributed by atoms with Gasteiger partial charge in [0.1, 0.15) is 5.75 Å². The van der Waals surface area contributed by atoms with Crippen LogP contribution in [0.1, 0.15) is 12.0 Å². The van der Waals surface area contributed by atoms with E-state index < -0.39 is 0 Å². The van der Waals surface area contributed by atoms with Crippen molar-refractivity contribution in [2.75, 3.05) is 19.0 Å². The van der Waals surface area contributed by atoms with Crippen molar-refractivity contribution in [3.63, 3.8) is 0 Å². The van der Waals surface area contributed by atoms with Crippen LogP contribution in [0.25, 0.3) is 10.9 Å². The highest BCUT2D eigenvalue weighted by Crippen LogP contribution is 2.22. The van der Waals surface area contributed by atoms with Gasteiger partial charge in [0.25, 0.3) is 5.91 Å². The quantitative estimate of drug-likeness (QED) is 0.467. The van der Waals surface area contributed by atoms with E-state index in [2.05, 4.69) is 21.9 Å². The zero-order chi connectivity index (χ0) is 19.8. The van der Waals surface area contributed by atoms with Crippen molar-refractivity contribution in [3.8, 4) is 11.8 Å². The number of hydrazone groups is 1. The lowest BCUT2D eigenvalue weighted by atomic mass is 10.2. The molecule has 28 heavy (non-hydrogen) atoms. The molecule has 7 nitrogen and oxygen atoms in total. The molecule has 142 valence electrons. The number of methoxy groups -OCH3 is 1. The van der Waals surface area contributed by atoms with Crippen molar-refractivity contribution >= 4 is 28.7 Å². The number of nitrogens with zero attached hydrogens (tertiary/aromatic N) is 3. The summed E-state index contributed by atoms with van der Waals surface area (Å²) in [4.78, 5) is 12.0. The Morgan fingerprint density at radius 1 is 1.25 bits per heavy atom. The van der Waals surface area contributed by atoms with Crippen LogP contribution in [0.4, 0.5) is 5.69 Å². The fraction of sp³-hybridized carbons (Fsp3) is 0.190. The summed E-state index contributed by atoms with van der Waals surface area (Å²) in [6.07, 6.45) is 3.98. The highest BCUT2D eigenvalue weighted by atomic mass is 16.5. The van der Waals surface area contributed by atoms with E-state index in [1.165, 1.54) is 0 Å². The van der Waals surface area contributed by atoms with Gasteiger partial charge in [-0.2, -0.15) is 10.4 Å². The number of aryl methyl sites for hydroxylation is 1. The summed E-state index contributed by atoms with van der Waals surface area (Å²) in [5, 5.41) is 16.9. The monoisotopic (exact) mass is 375 g/mol. The molecule has 1 amide bonds. The molecular weight excluding hydrogens is 354 g/mol. The third-order valence-electron chi connectivity index (χ3n) is 4.22. The van der Waals surface area contributed by atoms with Gasteiger partial charge in [0.2, 0.25) is 0 Å². The van der Waals surface area contributed by atoms with E-state index in [0.29, 0.717) is 18.7 Å². The number of ether oxygens (including phenoxy) is 1. The molecule has 0 aliphatic rings. The fourth-order valence-corrected chi connectivity index (χ4v) is 2.91. The van der Waals surface area contributed by atoms with Crippen LogP contribution in [0.2, 0.25) is 0 Å². The molecule has 1 heterocycles. The standard InChI is InChI=1S/C21H21N5O2/c1-28-20-10-5-3-8-18(20)23-14-21(27)25-24-13-16-15-26(12-6-11-22)19-9-4-2-7-17(16)19/h2-5,7-10,13,15,23H,6,12,14H2,1H3,(H,25,27)/b24-13-. The molecule has 0 atom stereocenters. The van der Waals surface area contributed by atoms with Crippen molar-refractivity contribution < 1.29 is 9.53 Å². The van der Waals surface area contributed by atoms with Crippen LogP contribution in [0.5, 0.6) is 5.75 Å². The normalized spacial score (nSPS) is 10.7. The lowest BCUT2D eigenvalue weighted by molar-refractivity contribution is -0.119. The van der Waals surface area contributed by atoms with Crippen molar-refractivity contribution in [2.24, 2.45) is 5.10 Å². The first-order valence-electron chi connectivity index (χ1n) is 8.86. The Morgan fingerprint density at radius 2 is 2.04 bits per heavy atom. The maximum Gasteiger partial charge on any atom is 0.259 e. The number of hydrogen-bond donors (Lipinski definition) is 2. The minimum atomic E-state index is -0.268. The van der Waals surface area contributed by atoms with Gasteiger partial charge >= 0.3 is 0 Å². The lowest BCUT2D eigenvalue weighted by Gasteiger charge is -2.09. The zero-order valence-electron chi connectivity index (χ0n) is 15.6. The zero-order valence-corrected chi connectivity index (χ0v) is 15.6. The van der Waals surface area contributed by atoms with Gasteiger partial charge in [-0.3, -0.25) is 4.79 Å². The van der Waals surface area contributed by atoms with Crippen LogP contribution in [-0.4, -0.2) is 30.3 Å². The summed E-state index contributed by atoms with van der Waals surface area (Å²) in [7, 11) is 1.58. The molecule has 0 unspecified atom stereocenters. The first-order valence-corrected chi connectivity index (χ1v) is 8.86. The van der Waals surface area contributed by atoms with E-state index in [1.807, 2.05) is 59.3 Å². The van der Waals surface area contributed by atoms with E-state index in [1.54, 1.807) is 13.3 Å². The van der Waals surface area contributed by atoms with Gasteiger partial charge in [0.05, 0.1) is 38.0 Å². The molecule has 0 spiro atoms. The van der Waals surface area contributed by atoms with Crippen LogP contribution < -0.4 is 15.5 Å². The Labute approximate surface area is 163 Å². The lowest BCUT2D eigenvalue weighted by Crippen LogP contribution is -2.26. The van der Waals surface area contributed by atoms with Crippen LogP contribution in [0.15, 0.2) is 59.8 Å². The maximum absolute atomic E-state index is 12.0. The first kappa shape index (κ1) is 19.0. The second kappa shape index (κ2) is 9.24. The van der Waals surface area contributed by atoms with Crippen LogP contribution in [0, 0.1) is 11.3 Å². The predicted octanol–water partition coefficient (Wildman–Crippen LogP) is 3.13. The Kier molecular flexibility index (Phi) is 6.26. The summed E-state index contributed by atoms with van der Waals surface area (Å²) in [5.74, 6) is 0.402. The Bertz CT molecular complexity index is 1030. The molecule has 0 saturated heterocycles. The summed E-state index contributed by atoms with van der Waals surface area (Å²) in [6, 6.07) is 17.4. The van der Waals surface area contributed by atoms with Gasteiger partial charge in [-0.15, -0.1) is 0 Å². The van der Waals surface area contributed by atoms with Gasteiger partial charge in [-0.05, 0) is 18.2 Å². The minimum absolute atomic E-state index is 0.0711. The molecule has 2 N–H and O–H groups in total. The fourth-order valence-electron chi connectivity index (χ4n) is 2.91. The number of carbonyl (C=O) groups is 1. The van der Waals surface area contributed by atoms with E-state index in [4.69, 9.17) is 10.00 Å². The number of para-hydroxylation sites is 3. The van der Waals surface area contributed by atoms with Crippen molar-refractivity contribution in [3.05, 3.63) is 60.3 Å². The highest BCUT2D eigenvalue weighted by Gasteiger charge is 2.07. The minimum Gasteiger partial charge on any atom is -0.495 e. The van der Waals surface area contributed by atoms with Gasteiger partial charge in [-0.1, -0.05) is 30.3 Å². The number of carbonyl (C=O) groups excluding carboxylic acids is 1. The molecule has 3 aromatic rings. The second-order valence-electron chi connectivity index (χ2n) is 6.05. The van der Waals surface area contributed by atoms with Crippen LogP contribution in [-0.2, 0) is 11.3 Å². The second-order valence-corrected chi connectivity index (χ2v) is 6.05. The van der Waals surface area contributed by atoms with Crippen LogP contribution in [0.3, 0.4) is 0 Å². The highest BCUT2D eigenvalue weighted by molar-refractivity contribution is 5.99. The van der Waals surface area contributed by atoms with Gasteiger partial charge in [-0.25, -0.2) is 5.43 Å². The molecule has 7 heteroatoms. The number of amides is 1. The van der Waals surface area contributed by atoms with Crippen LogP contribution >= 0.6 is 0 Å². The molecular formula is C21H21N5O2. The number of anilines is 1. The largest absolute Gasteiger partial charge is 0.495 e. The molecule has 3 rings (SSSR count). The smallest absolute Gasteiger partial charge is 0.259 e. The SMILES string of the molecule is COc1ccccc1NCC(=O)N/N=C\c1cn(CCC#N)c2ccccc12. The molecule has 2 aromatic carbocycles. The Balaban J connectivity index is 1.63. The molecule has 1 aromatic heterocycles. The third kappa shape index (κ3) is 4.48. The molecule has 0 aliphatic carbocycles. The van der Waals surface area contributed by atoms with Crippen molar-refractivity contribution in [1.29, 1.82) is 5.26 Å². The number of aromatic nitrogens is 1. The number of hydrogen-bond acceptors (Lipinski definition) is 5. The molecule has 0 aliphatic heterocycles. The van der Waals surface area contributed by atoms with E-state index in [9.17, 15) is 4.79 Å². The van der Waals surface area contributed by atoms with Gasteiger partial charge in [0, 0.05) is 29.2 Å². The molecule has 0 fully saturated rings. The van der Waals surface area contributed by atoms with Gasteiger partial charge in [0.15, 0.2) is 0 Å². The molecule has 0 bridgehead atoms. The van der Waals surface area contributed by atoms with Crippen molar-refractivity contribution in [2.45, 2.75) is 13.0 Å². The Morgan fingerprint density at radius 3 is 2.86 bits per heavy atom. The summed E-state index contributed by atoms with van der Waals surface area (Å²) >= 11 is 0. The maximum atomic E-state index is 12.0. The van der Waals surface area contributed by atoms with Crippen molar-refractivity contribution in [1.82, 2.24) is 9.99 Å². The number of rotatable bonds is 8. The topological polar surface area (TPSA) is 91.4 Å². The predicted molar refractivity (Wildman–Crippen MR) is 109 cm³/mol. The first-order chi connectivity index (χ1) is 13.7. The van der Waals surface area contributed by atoms with E-state index in [0.717, 1.165) is 22.2 Å². The number of nitrogens with one attached hydrogen (secondary N) is 2. The summed E-state index contributed by atoms with van der Waals surface area (Å²) in [6.45, 7) is 0.682. The summed E-state index contributed by atoms with van der Waals surface area (Å²) in [5.41, 5.74) is 5.17. The molecule has 0 saturated carbocycles. The average molecular weight is 375 g/mol. The number of fused-ring (bicyclic) bond motifs is 1. The van der Waals surface area contributed by atoms with Gasteiger partial charge < -0.3 is 14.6 Å². The summed E-state index contributed by atoms with van der Waals surface area (Å²) < 4.78 is 7.26. The molecule has 0 radical (unpaired) electrons. The van der Waals surface area contributed by atoms with E-state index >= 15 is 0 Å². The number of nitriles is 1. The average Bonchev–Trinajstić information content (AvgIpc) is 3.08. The third-order valence-corrected chi connectivity index (χ3v) is 4.22. The Hall–Kier alpha value is -3.79. The number of benzene rings is 2. The van der Waals surface area contributed by atoms with E-state index in [-0.39, 0.29) is 12.5 Å².